The number of thioether (sulfide) groups is 1. The van der Waals surface area contributed by atoms with Gasteiger partial charge in [0.25, 0.3) is 0 Å². The second-order valence-corrected chi connectivity index (χ2v) is 5.32. The molecule has 20 heavy (non-hydrogen) atoms. The minimum Gasteiger partial charge on any atom is -0.480 e. The summed E-state index contributed by atoms with van der Waals surface area (Å²) in [6, 6.07) is 2.40. The van der Waals surface area contributed by atoms with Crippen molar-refractivity contribution < 1.29 is 14.7 Å². The van der Waals surface area contributed by atoms with E-state index >= 15 is 0 Å². The van der Waals surface area contributed by atoms with Crippen molar-refractivity contribution in [2.75, 3.05) is 19.1 Å². The molecule has 0 radical (unpaired) electrons. The number of pyridine rings is 1. The number of carbonyl (C=O) groups excluding carboxylic acids is 1. The lowest BCUT2D eigenvalue weighted by molar-refractivity contribution is -0.139. The van der Waals surface area contributed by atoms with Crippen molar-refractivity contribution in [3.05, 3.63) is 30.1 Å². The second kappa shape index (κ2) is 8.42. The number of carbonyl (C=O) groups is 2. The fourth-order valence-electron chi connectivity index (χ4n) is 1.59. The molecule has 0 spiro atoms. The highest BCUT2D eigenvalue weighted by Gasteiger charge is 2.21. The molecule has 0 saturated carbocycles. The molecule has 0 saturated heterocycles. The zero-order valence-corrected chi connectivity index (χ0v) is 12.4. The number of hydrogen-bond donors (Lipinski definition) is 2. The lowest BCUT2D eigenvalue weighted by atomic mass is 10.2. The number of amides is 2. The minimum absolute atomic E-state index is 0.383. The lowest BCUT2D eigenvalue weighted by Gasteiger charge is -2.21. The molecular formula is C13H19N3O3S. The molecular weight excluding hydrogens is 278 g/mol. The van der Waals surface area contributed by atoms with Crippen LogP contribution in [0, 0.1) is 0 Å². The Morgan fingerprint density at radius 3 is 2.85 bits per heavy atom. The zero-order valence-electron chi connectivity index (χ0n) is 11.6. The molecule has 0 aliphatic carbocycles. The molecule has 0 unspecified atom stereocenters. The SMILES string of the molecule is CSCC[C@H](NC(=O)N(C)Cc1cccnc1)C(=O)O. The van der Waals surface area contributed by atoms with Crippen LogP contribution in [0.15, 0.2) is 24.5 Å². The van der Waals surface area contributed by atoms with Crippen LogP contribution in [0.5, 0.6) is 0 Å². The maximum Gasteiger partial charge on any atom is 0.326 e. The number of rotatable bonds is 7. The number of carboxylic acids is 1. The predicted octanol–water partition coefficient (Wildman–Crippen LogP) is 1.43. The standard InChI is InChI=1S/C13H19N3O3S/c1-16(9-10-4-3-6-14-8-10)13(19)15-11(12(17)18)5-7-20-2/h3-4,6,8,11H,5,7,9H2,1-2H3,(H,15,19)(H,17,18)/t11-/m0/s1. The minimum atomic E-state index is -1.01. The molecule has 0 aromatic carbocycles. The Balaban J connectivity index is 2.53. The van der Waals surface area contributed by atoms with E-state index in [1.165, 1.54) is 4.90 Å². The Morgan fingerprint density at radius 2 is 2.30 bits per heavy atom. The third-order valence-electron chi connectivity index (χ3n) is 2.70. The van der Waals surface area contributed by atoms with Gasteiger partial charge >= 0.3 is 12.0 Å². The number of carboxylic acid groups (broad SMARTS) is 1. The van der Waals surface area contributed by atoms with Crippen LogP contribution in [0.3, 0.4) is 0 Å². The van der Waals surface area contributed by atoms with E-state index in [9.17, 15) is 9.59 Å². The monoisotopic (exact) mass is 297 g/mol. The molecule has 1 rings (SSSR count). The summed E-state index contributed by atoms with van der Waals surface area (Å²) in [7, 11) is 1.62. The van der Waals surface area contributed by atoms with E-state index in [-0.39, 0.29) is 0 Å². The first-order valence-electron chi connectivity index (χ1n) is 6.17. The van der Waals surface area contributed by atoms with E-state index < -0.39 is 18.0 Å². The Bertz CT molecular complexity index is 442. The van der Waals surface area contributed by atoms with Crippen molar-refractivity contribution in [2.24, 2.45) is 0 Å². The summed E-state index contributed by atoms with van der Waals surface area (Å²) >= 11 is 1.55. The summed E-state index contributed by atoms with van der Waals surface area (Å²) in [5, 5.41) is 11.6. The van der Waals surface area contributed by atoms with Gasteiger partial charge in [-0.15, -0.1) is 0 Å². The summed E-state index contributed by atoms with van der Waals surface area (Å²) in [6.45, 7) is 0.383. The molecule has 1 aromatic heterocycles. The fourth-order valence-corrected chi connectivity index (χ4v) is 2.06. The smallest absolute Gasteiger partial charge is 0.326 e. The topological polar surface area (TPSA) is 82.5 Å². The highest BCUT2D eigenvalue weighted by atomic mass is 32.2. The van der Waals surface area contributed by atoms with E-state index in [0.29, 0.717) is 18.7 Å². The average molecular weight is 297 g/mol. The van der Waals surface area contributed by atoms with E-state index in [1.807, 2.05) is 12.3 Å². The molecule has 1 atom stereocenters. The molecule has 7 heteroatoms. The van der Waals surface area contributed by atoms with Crippen LogP contribution >= 0.6 is 11.8 Å². The van der Waals surface area contributed by atoms with Gasteiger partial charge in [0, 0.05) is 26.0 Å². The number of aromatic nitrogens is 1. The molecule has 1 aromatic rings. The van der Waals surface area contributed by atoms with Crippen molar-refractivity contribution in [3.63, 3.8) is 0 Å². The van der Waals surface area contributed by atoms with Gasteiger partial charge in [0.1, 0.15) is 6.04 Å². The van der Waals surface area contributed by atoms with Crippen LogP contribution in [-0.4, -0.2) is 52.1 Å². The second-order valence-electron chi connectivity index (χ2n) is 4.34. The highest BCUT2D eigenvalue weighted by molar-refractivity contribution is 7.98. The third-order valence-corrected chi connectivity index (χ3v) is 3.34. The van der Waals surface area contributed by atoms with Crippen molar-refractivity contribution >= 4 is 23.8 Å². The number of urea groups is 1. The summed E-state index contributed by atoms with van der Waals surface area (Å²) in [4.78, 5) is 28.4. The number of hydrogen-bond acceptors (Lipinski definition) is 4. The first-order chi connectivity index (χ1) is 9.54. The van der Waals surface area contributed by atoms with Gasteiger partial charge in [0.2, 0.25) is 0 Å². The zero-order chi connectivity index (χ0) is 15.0. The number of nitrogens with one attached hydrogen (secondary N) is 1. The maximum absolute atomic E-state index is 11.9. The predicted molar refractivity (Wildman–Crippen MR) is 78.7 cm³/mol. The van der Waals surface area contributed by atoms with Gasteiger partial charge in [-0.2, -0.15) is 11.8 Å². The highest BCUT2D eigenvalue weighted by Crippen LogP contribution is 2.04. The average Bonchev–Trinajstić information content (AvgIpc) is 2.43. The molecule has 0 fully saturated rings. The van der Waals surface area contributed by atoms with Crippen LogP contribution < -0.4 is 5.32 Å². The van der Waals surface area contributed by atoms with Gasteiger partial charge in [-0.1, -0.05) is 6.07 Å². The van der Waals surface area contributed by atoms with Gasteiger partial charge in [-0.05, 0) is 30.1 Å². The molecule has 0 aliphatic rings. The number of aliphatic carboxylic acids is 1. The fraction of sp³-hybridized carbons (Fsp3) is 0.462. The summed E-state index contributed by atoms with van der Waals surface area (Å²) < 4.78 is 0. The quantitative estimate of drug-likeness (QED) is 0.795. The molecule has 2 N–H and O–H groups in total. The summed E-state index contributed by atoms with van der Waals surface area (Å²) in [6.07, 6.45) is 5.64. The van der Waals surface area contributed by atoms with Crippen molar-refractivity contribution in [1.82, 2.24) is 15.2 Å². The molecule has 110 valence electrons. The summed E-state index contributed by atoms with van der Waals surface area (Å²) in [5.41, 5.74) is 0.890. The van der Waals surface area contributed by atoms with Crippen LogP contribution in [0.4, 0.5) is 4.79 Å². The lowest BCUT2D eigenvalue weighted by Crippen LogP contribution is -2.46. The van der Waals surface area contributed by atoms with Gasteiger partial charge < -0.3 is 15.3 Å². The Hall–Kier alpha value is -1.76. The van der Waals surface area contributed by atoms with Gasteiger partial charge in [-0.25, -0.2) is 9.59 Å². The third kappa shape index (κ3) is 5.48. The Morgan fingerprint density at radius 1 is 1.55 bits per heavy atom. The molecule has 0 bridgehead atoms. The van der Waals surface area contributed by atoms with Gasteiger partial charge in [0.15, 0.2) is 0 Å². The van der Waals surface area contributed by atoms with Crippen molar-refractivity contribution in [3.8, 4) is 0 Å². The molecule has 0 aliphatic heterocycles. The Kier molecular flexibility index (Phi) is 6.86. The van der Waals surface area contributed by atoms with Crippen LogP contribution in [0.2, 0.25) is 0 Å². The van der Waals surface area contributed by atoms with Gasteiger partial charge in [-0.3, -0.25) is 4.98 Å². The molecule has 6 nitrogen and oxygen atoms in total. The van der Waals surface area contributed by atoms with Crippen molar-refractivity contribution in [2.45, 2.75) is 19.0 Å². The van der Waals surface area contributed by atoms with E-state index in [2.05, 4.69) is 10.3 Å². The first-order valence-corrected chi connectivity index (χ1v) is 7.56. The maximum atomic E-state index is 11.9. The van der Waals surface area contributed by atoms with E-state index in [1.54, 1.807) is 37.3 Å². The first kappa shape index (κ1) is 16.3. The van der Waals surface area contributed by atoms with E-state index in [0.717, 1.165) is 5.56 Å². The largest absolute Gasteiger partial charge is 0.480 e. The van der Waals surface area contributed by atoms with E-state index in [4.69, 9.17) is 5.11 Å². The van der Waals surface area contributed by atoms with Crippen LogP contribution in [0.1, 0.15) is 12.0 Å². The van der Waals surface area contributed by atoms with Crippen LogP contribution in [0.25, 0.3) is 0 Å². The molecule has 1 heterocycles. The number of nitrogens with zero attached hydrogens (tertiary/aromatic N) is 2. The van der Waals surface area contributed by atoms with Crippen molar-refractivity contribution in [1.29, 1.82) is 0 Å². The molecule has 2 amide bonds. The van der Waals surface area contributed by atoms with Crippen LogP contribution in [-0.2, 0) is 11.3 Å². The summed E-state index contributed by atoms with van der Waals surface area (Å²) in [5.74, 6) is -0.328. The Labute approximate surface area is 122 Å². The van der Waals surface area contributed by atoms with Gasteiger partial charge in [0.05, 0.1) is 0 Å². The normalized spacial score (nSPS) is 11.7.